The SMILES string of the molecule is COC(=O)C1=C(C)N=c2sc(=Cc3ccc(-c4ccccc4Cl)o3)c(=O)n2C1c1ccc(C(=O)OC)cc1. The zero-order valence-corrected chi connectivity index (χ0v) is 22.1. The molecule has 5 rings (SSSR count). The number of esters is 2. The molecule has 1 atom stereocenters. The number of aromatic nitrogens is 1. The van der Waals surface area contributed by atoms with Crippen LogP contribution in [0.1, 0.15) is 34.6 Å². The molecule has 0 bridgehead atoms. The third-order valence-corrected chi connectivity index (χ3v) is 7.43. The minimum Gasteiger partial charge on any atom is -0.466 e. The summed E-state index contributed by atoms with van der Waals surface area (Å²) in [5.74, 6) is -0.0527. The second kappa shape index (κ2) is 10.3. The highest BCUT2D eigenvalue weighted by Gasteiger charge is 2.33. The molecule has 0 aliphatic carbocycles. The molecule has 0 saturated carbocycles. The molecule has 1 unspecified atom stereocenters. The molecule has 0 N–H and O–H groups in total. The Morgan fingerprint density at radius 2 is 1.74 bits per heavy atom. The van der Waals surface area contributed by atoms with Crippen LogP contribution < -0.4 is 14.9 Å². The van der Waals surface area contributed by atoms with Crippen LogP contribution in [0.15, 0.2) is 86.1 Å². The third-order valence-electron chi connectivity index (χ3n) is 6.11. The van der Waals surface area contributed by atoms with Gasteiger partial charge in [0.1, 0.15) is 11.5 Å². The van der Waals surface area contributed by atoms with Gasteiger partial charge < -0.3 is 13.9 Å². The zero-order chi connectivity index (χ0) is 27.0. The van der Waals surface area contributed by atoms with Crippen molar-refractivity contribution in [2.24, 2.45) is 4.99 Å². The van der Waals surface area contributed by atoms with Gasteiger partial charge in [0.05, 0.1) is 46.7 Å². The first-order chi connectivity index (χ1) is 18.3. The summed E-state index contributed by atoms with van der Waals surface area (Å²) < 4.78 is 17.6. The van der Waals surface area contributed by atoms with E-state index >= 15 is 0 Å². The van der Waals surface area contributed by atoms with E-state index in [-0.39, 0.29) is 11.1 Å². The van der Waals surface area contributed by atoms with Crippen molar-refractivity contribution in [2.75, 3.05) is 14.2 Å². The van der Waals surface area contributed by atoms with Crippen LogP contribution in [0.25, 0.3) is 17.4 Å². The second-order valence-corrected chi connectivity index (χ2v) is 9.79. The van der Waals surface area contributed by atoms with E-state index in [1.54, 1.807) is 55.5 Å². The van der Waals surface area contributed by atoms with Crippen molar-refractivity contribution < 1.29 is 23.5 Å². The highest BCUT2D eigenvalue weighted by Crippen LogP contribution is 2.31. The van der Waals surface area contributed by atoms with E-state index in [0.717, 1.165) is 5.56 Å². The van der Waals surface area contributed by atoms with Crippen LogP contribution in [0.4, 0.5) is 0 Å². The highest BCUT2D eigenvalue weighted by molar-refractivity contribution is 7.07. The minimum atomic E-state index is -0.803. The number of thiazole rings is 1. The van der Waals surface area contributed by atoms with Crippen LogP contribution >= 0.6 is 22.9 Å². The summed E-state index contributed by atoms with van der Waals surface area (Å²) in [6.45, 7) is 1.70. The number of hydrogen-bond acceptors (Lipinski definition) is 8. The maximum absolute atomic E-state index is 13.7. The number of benzene rings is 2. The first-order valence-corrected chi connectivity index (χ1v) is 12.7. The minimum absolute atomic E-state index is 0.233. The van der Waals surface area contributed by atoms with Gasteiger partial charge in [0, 0.05) is 11.6 Å². The largest absolute Gasteiger partial charge is 0.466 e. The van der Waals surface area contributed by atoms with Crippen molar-refractivity contribution in [1.29, 1.82) is 0 Å². The quantitative estimate of drug-likeness (QED) is 0.348. The van der Waals surface area contributed by atoms with Gasteiger partial charge in [-0.1, -0.05) is 47.2 Å². The molecule has 192 valence electrons. The van der Waals surface area contributed by atoms with Gasteiger partial charge >= 0.3 is 11.9 Å². The maximum Gasteiger partial charge on any atom is 0.338 e. The number of nitrogens with zero attached hydrogens (tertiary/aromatic N) is 2. The summed E-state index contributed by atoms with van der Waals surface area (Å²) in [4.78, 5) is 43.4. The fraction of sp³-hybridized carbons (Fsp3) is 0.143. The highest BCUT2D eigenvalue weighted by atomic mass is 35.5. The molecular weight excluding hydrogens is 528 g/mol. The number of carbonyl (C=O) groups excluding carboxylic acids is 2. The Hall–Kier alpha value is -4.21. The fourth-order valence-corrected chi connectivity index (χ4v) is 5.55. The van der Waals surface area contributed by atoms with Crippen molar-refractivity contribution in [3.8, 4) is 11.3 Å². The van der Waals surface area contributed by atoms with Crippen LogP contribution in [0.3, 0.4) is 0 Å². The fourth-order valence-electron chi connectivity index (χ4n) is 4.29. The lowest BCUT2D eigenvalue weighted by molar-refractivity contribution is -0.136. The van der Waals surface area contributed by atoms with Gasteiger partial charge in [-0.25, -0.2) is 14.6 Å². The number of furan rings is 1. The summed E-state index contributed by atoms with van der Waals surface area (Å²) in [6.07, 6.45) is 1.64. The number of halogens is 1. The molecule has 8 nitrogen and oxygen atoms in total. The normalized spacial score (nSPS) is 15.2. The van der Waals surface area contributed by atoms with E-state index in [1.165, 1.54) is 30.1 Å². The molecule has 4 aromatic rings. The Labute approximate surface area is 225 Å². The van der Waals surface area contributed by atoms with Crippen molar-refractivity contribution in [1.82, 2.24) is 4.57 Å². The lowest BCUT2D eigenvalue weighted by Gasteiger charge is -2.24. The maximum atomic E-state index is 13.7. The van der Waals surface area contributed by atoms with Gasteiger partial charge in [-0.05, 0) is 48.9 Å². The third kappa shape index (κ3) is 4.51. The first kappa shape index (κ1) is 25.4. The van der Waals surface area contributed by atoms with Gasteiger partial charge in [-0.2, -0.15) is 0 Å². The molecule has 2 aromatic carbocycles. The summed E-state index contributed by atoms with van der Waals surface area (Å²) in [6, 6.07) is 16.6. The van der Waals surface area contributed by atoms with Crippen molar-refractivity contribution in [3.63, 3.8) is 0 Å². The molecule has 3 heterocycles. The average molecular weight is 549 g/mol. The Bertz CT molecular complexity index is 1780. The second-order valence-electron chi connectivity index (χ2n) is 8.37. The molecule has 0 fully saturated rings. The molecule has 0 spiro atoms. The molecule has 0 amide bonds. The molecular formula is C28H21ClN2O6S. The summed E-state index contributed by atoms with van der Waals surface area (Å²) in [5, 5.41) is 0.553. The van der Waals surface area contributed by atoms with E-state index in [4.69, 9.17) is 25.5 Å². The van der Waals surface area contributed by atoms with Crippen molar-refractivity contribution >= 4 is 41.0 Å². The van der Waals surface area contributed by atoms with E-state index in [9.17, 15) is 14.4 Å². The average Bonchev–Trinajstić information content (AvgIpc) is 3.51. The monoisotopic (exact) mass is 548 g/mol. The predicted molar refractivity (Wildman–Crippen MR) is 143 cm³/mol. The van der Waals surface area contributed by atoms with Gasteiger partial charge in [0.25, 0.3) is 5.56 Å². The number of allylic oxidation sites excluding steroid dienone is 1. The molecule has 0 saturated heterocycles. The van der Waals surface area contributed by atoms with E-state index in [0.29, 0.717) is 42.7 Å². The summed E-state index contributed by atoms with van der Waals surface area (Å²) in [7, 11) is 2.57. The van der Waals surface area contributed by atoms with Crippen LogP contribution in [0, 0.1) is 0 Å². The van der Waals surface area contributed by atoms with Crippen molar-refractivity contribution in [3.05, 3.63) is 114 Å². The topological polar surface area (TPSA) is 100 Å². The molecule has 2 aromatic heterocycles. The number of carbonyl (C=O) groups is 2. The van der Waals surface area contributed by atoms with Crippen LogP contribution in [-0.4, -0.2) is 30.7 Å². The predicted octanol–water partition coefficient (Wildman–Crippen LogP) is 4.11. The lowest BCUT2D eigenvalue weighted by atomic mass is 9.95. The molecule has 0 radical (unpaired) electrons. The number of methoxy groups -OCH3 is 2. The molecule has 10 heteroatoms. The standard InChI is InChI=1S/C28H21ClN2O6S/c1-15-23(27(34)36-3)24(16-8-10-17(11-9-16)26(33)35-2)31-25(32)22(38-28(31)30-15)14-18-12-13-21(37-18)19-6-4-5-7-20(19)29/h4-14,24H,1-3H3. The number of rotatable bonds is 5. The number of ether oxygens (including phenoxy) is 2. The molecule has 1 aliphatic rings. The summed E-state index contributed by atoms with van der Waals surface area (Å²) in [5.41, 5.74) is 2.02. The Balaban J connectivity index is 1.63. The van der Waals surface area contributed by atoms with Gasteiger partial charge in [0.2, 0.25) is 0 Å². The first-order valence-electron chi connectivity index (χ1n) is 11.5. The van der Waals surface area contributed by atoms with Gasteiger partial charge in [-0.15, -0.1) is 0 Å². The molecule has 1 aliphatic heterocycles. The number of hydrogen-bond donors (Lipinski definition) is 0. The Morgan fingerprint density at radius 1 is 1.03 bits per heavy atom. The summed E-state index contributed by atoms with van der Waals surface area (Å²) >= 11 is 7.48. The van der Waals surface area contributed by atoms with Crippen LogP contribution in [-0.2, 0) is 14.3 Å². The lowest BCUT2D eigenvalue weighted by Crippen LogP contribution is -2.39. The molecule has 38 heavy (non-hydrogen) atoms. The van der Waals surface area contributed by atoms with Crippen molar-refractivity contribution in [2.45, 2.75) is 13.0 Å². The Kier molecular flexibility index (Phi) is 6.88. The smallest absolute Gasteiger partial charge is 0.338 e. The van der Waals surface area contributed by atoms with E-state index in [2.05, 4.69) is 4.99 Å². The zero-order valence-electron chi connectivity index (χ0n) is 20.6. The van der Waals surface area contributed by atoms with E-state index < -0.39 is 18.0 Å². The van der Waals surface area contributed by atoms with Gasteiger partial charge in [-0.3, -0.25) is 9.36 Å². The number of fused-ring (bicyclic) bond motifs is 1. The van der Waals surface area contributed by atoms with Crippen LogP contribution in [0.2, 0.25) is 5.02 Å². The van der Waals surface area contributed by atoms with Gasteiger partial charge in [0.15, 0.2) is 4.80 Å². The Morgan fingerprint density at radius 3 is 2.42 bits per heavy atom. The van der Waals surface area contributed by atoms with Crippen LogP contribution in [0.5, 0.6) is 0 Å². The van der Waals surface area contributed by atoms with E-state index in [1.807, 2.05) is 18.2 Å².